The monoisotopic (exact) mass is 491 g/mol. The SMILES string of the molecule is Cc1nsc(Nc2cnc(C(F)(F)F)cn2)c1C(=O)Nc1ccc(CCC2CCNCC2)nc1. The molecule has 1 amide bonds. The highest BCUT2D eigenvalue weighted by Crippen LogP contribution is 2.30. The Labute approximate surface area is 198 Å². The molecule has 1 aliphatic rings. The van der Waals surface area contributed by atoms with Gasteiger partial charge in [0.15, 0.2) is 5.69 Å². The maximum atomic E-state index is 12.9. The third kappa shape index (κ3) is 6.06. The summed E-state index contributed by atoms with van der Waals surface area (Å²) >= 11 is 1.01. The number of carbonyl (C=O) groups excluding carboxylic acids is 1. The molecule has 4 heterocycles. The number of nitrogens with one attached hydrogen (secondary N) is 3. The molecule has 180 valence electrons. The van der Waals surface area contributed by atoms with Crippen molar-refractivity contribution in [3.63, 3.8) is 0 Å². The molecule has 3 aromatic heterocycles. The molecule has 1 aliphatic heterocycles. The Morgan fingerprint density at radius 1 is 1.15 bits per heavy atom. The molecule has 0 atom stereocenters. The molecule has 0 saturated carbocycles. The lowest BCUT2D eigenvalue weighted by Gasteiger charge is -2.22. The van der Waals surface area contributed by atoms with Gasteiger partial charge in [-0.1, -0.05) is 0 Å². The van der Waals surface area contributed by atoms with E-state index in [0.29, 0.717) is 22.6 Å². The summed E-state index contributed by atoms with van der Waals surface area (Å²) in [5.41, 5.74) is 1.19. The van der Waals surface area contributed by atoms with Crippen LogP contribution in [0.15, 0.2) is 30.7 Å². The molecule has 0 bridgehead atoms. The summed E-state index contributed by atoms with van der Waals surface area (Å²) in [7, 11) is 0. The van der Waals surface area contributed by atoms with E-state index in [9.17, 15) is 18.0 Å². The molecular weight excluding hydrogens is 467 g/mol. The van der Waals surface area contributed by atoms with Crippen molar-refractivity contribution >= 4 is 33.9 Å². The first-order chi connectivity index (χ1) is 16.3. The van der Waals surface area contributed by atoms with Crippen LogP contribution in [-0.4, -0.2) is 38.3 Å². The molecular formula is C22H24F3N7OS. The average Bonchev–Trinajstić information content (AvgIpc) is 3.19. The van der Waals surface area contributed by atoms with Gasteiger partial charge in [-0.2, -0.15) is 17.5 Å². The Morgan fingerprint density at radius 2 is 1.94 bits per heavy atom. The van der Waals surface area contributed by atoms with Crippen LogP contribution in [-0.2, 0) is 12.6 Å². The third-order valence-electron chi connectivity index (χ3n) is 5.62. The molecule has 1 fully saturated rings. The lowest BCUT2D eigenvalue weighted by atomic mass is 9.92. The van der Waals surface area contributed by atoms with Crippen LogP contribution in [0.25, 0.3) is 0 Å². The van der Waals surface area contributed by atoms with Gasteiger partial charge in [-0.3, -0.25) is 9.78 Å². The molecule has 3 aromatic rings. The van der Waals surface area contributed by atoms with Crippen molar-refractivity contribution < 1.29 is 18.0 Å². The standard InChI is InChI=1S/C22H24F3N7OS/c1-13-19(21(34-32-13)31-18-12-28-17(11-29-18)22(23,24)25)20(33)30-16-5-4-15(27-10-16)3-2-14-6-8-26-9-7-14/h4-5,10-12,14,26H,2-3,6-9H2,1H3,(H,29,31)(H,30,33). The summed E-state index contributed by atoms with van der Waals surface area (Å²) in [5, 5.41) is 9.36. The third-order valence-corrected chi connectivity index (χ3v) is 6.48. The Morgan fingerprint density at radius 3 is 2.59 bits per heavy atom. The van der Waals surface area contributed by atoms with Gasteiger partial charge in [-0.15, -0.1) is 0 Å². The average molecular weight is 492 g/mol. The first-order valence-electron chi connectivity index (χ1n) is 10.9. The van der Waals surface area contributed by atoms with Crippen molar-refractivity contribution in [2.75, 3.05) is 23.7 Å². The van der Waals surface area contributed by atoms with Gasteiger partial charge in [0.25, 0.3) is 5.91 Å². The zero-order valence-electron chi connectivity index (χ0n) is 18.4. The predicted molar refractivity (Wildman–Crippen MR) is 123 cm³/mol. The van der Waals surface area contributed by atoms with E-state index in [0.717, 1.165) is 55.3 Å². The lowest BCUT2D eigenvalue weighted by molar-refractivity contribution is -0.141. The summed E-state index contributed by atoms with van der Waals surface area (Å²) < 4.78 is 42.3. The number of nitrogens with zero attached hydrogens (tertiary/aromatic N) is 4. The van der Waals surface area contributed by atoms with Gasteiger partial charge in [0, 0.05) is 5.69 Å². The molecule has 0 aliphatic carbocycles. The van der Waals surface area contributed by atoms with Crippen LogP contribution in [0.4, 0.5) is 29.7 Å². The maximum Gasteiger partial charge on any atom is 0.434 e. The van der Waals surface area contributed by atoms with Crippen LogP contribution in [0.3, 0.4) is 0 Å². The largest absolute Gasteiger partial charge is 0.434 e. The van der Waals surface area contributed by atoms with Crippen molar-refractivity contribution in [3.8, 4) is 0 Å². The topological polar surface area (TPSA) is 105 Å². The molecule has 0 unspecified atom stereocenters. The van der Waals surface area contributed by atoms with E-state index in [4.69, 9.17) is 0 Å². The van der Waals surface area contributed by atoms with E-state index in [1.165, 1.54) is 12.8 Å². The normalized spacial score (nSPS) is 14.7. The van der Waals surface area contributed by atoms with E-state index < -0.39 is 17.8 Å². The minimum absolute atomic E-state index is 0.0745. The summed E-state index contributed by atoms with van der Waals surface area (Å²) in [6.07, 6.45) is 3.03. The van der Waals surface area contributed by atoms with Crippen LogP contribution in [0, 0.1) is 12.8 Å². The summed E-state index contributed by atoms with van der Waals surface area (Å²) in [5.74, 6) is 0.389. The van der Waals surface area contributed by atoms with Crippen LogP contribution < -0.4 is 16.0 Å². The van der Waals surface area contributed by atoms with E-state index >= 15 is 0 Å². The molecule has 1 saturated heterocycles. The molecule has 3 N–H and O–H groups in total. The predicted octanol–water partition coefficient (Wildman–Crippen LogP) is 4.58. The number of halogens is 3. The summed E-state index contributed by atoms with van der Waals surface area (Å²) in [6, 6.07) is 3.72. The Hall–Kier alpha value is -3.12. The second-order valence-electron chi connectivity index (χ2n) is 8.11. The first kappa shape index (κ1) is 24.0. The van der Waals surface area contributed by atoms with Crippen molar-refractivity contribution in [2.24, 2.45) is 5.92 Å². The number of alkyl halides is 3. The number of amides is 1. The van der Waals surface area contributed by atoms with Gasteiger partial charge >= 0.3 is 6.18 Å². The molecule has 0 radical (unpaired) electrons. The van der Waals surface area contributed by atoms with E-state index in [-0.39, 0.29) is 11.4 Å². The Bertz CT molecular complexity index is 1110. The number of aryl methyl sites for hydroxylation is 2. The highest BCUT2D eigenvalue weighted by atomic mass is 32.1. The first-order valence-corrected chi connectivity index (χ1v) is 11.7. The molecule has 0 aromatic carbocycles. The minimum atomic E-state index is -4.57. The quantitative estimate of drug-likeness (QED) is 0.444. The smallest absolute Gasteiger partial charge is 0.329 e. The van der Waals surface area contributed by atoms with Crippen LogP contribution >= 0.6 is 11.5 Å². The second-order valence-corrected chi connectivity index (χ2v) is 8.88. The number of hydrogen-bond acceptors (Lipinski definition) is 8. The lowest BCUT2D eigenvalue weighted by Crippen LogP contribution is -2.27. The molecule has 0 spiro atoms. The summed E-state index contributed by atoms with van der Waals surface area (Å²) in [4.78, 5) is 24.5. The zero-order valence-corrected chi connectivity index (χ0v) is 19.3. The zero-order chi connectivity index (χ0) is 24.1. The van der Waals surface area contributed by atoms with Crippen LogP contribution in [0.1, 0.15) is 46.7 Å². The molecule has 8 nitrogen and oxygen atoms in total. The highest BCUT2D eigenvalue weighted by molar-refractivity contribution is 7.10. The number of hydrogen-bond donors (Lipinski definition) is 3. The highest BCUT2D eigenvalue weighted by Gasteiger charge is 2.32. The van der Waals surface area contributed by atoms with Crippen molar-refractivity contribution in [2.45, 2.75) is 38.8 Å². The van der Waals surface area contributed by atoms with E-state index in [1.54, 1.807) is 13.1 Å². The summed E-state index contributed by atoms with van der Waals surface area (Å²) in [6.45, 7) is 3.82. The van der Waals surface area contributed by atoms with Crippen LogP contribution in [0.2, 0.25) is 0 Å². The number of anilines is 3. The number of aromatic nitrogens is 4. The fourth-order valence-electron chi connectivity index (χ4n) is 3.74. The van der Waals surface area contributed by atoms with Gasteiger partial charge in [0.1, 0.15) is 10.8 Å². The maximum absolute atomic E-state index is 12.9. The van der Waals surface area contributed by atoms with Crippen molar-refractivity contribution in [1.82, 2.24) is 24.6 Å². The number of carbonyl (C=O) groups is 1. The van der Waals surface area contributed by atoms with Gasteiger partial charge in [0.05, 0.1) is 35.5 Å². The molecule has 12 heteroatoms. The fraction of sp³-hybridized carbons (Fsp3) is 0.409. The number of pyridine rings is 1. The minimum Gasteiger partial charge on any atom is -0.329 e. The van der Waals surface area contributed by atoms with E-state index in [1.807, 2.05) is 12.1 Å². The van der Waals surface area contributed by atoms with E-state index in [2.05, 4.69) is 35.3 Å². The van der Waals surface area contributed by atoms with Gasteiger partial charge in [0.2, 0.25) is 0 Å². The number of piperidine rings is 1. The molecule has 34 heavy (non-hydrogen) atoms. The number of rotatable bonds is 7. The van der Waals surface area contributed by atoms with Crippen LogP contribution in [0.5, 0.6) is 0 Å². The fourth-order valence-corrected chi connectivity index (χ4v) is 4.54. The Balaban J connectivity index is 1.38. The second kappa shape index (κ2) is 10.4. The van der Waals surface area contributed by atoms with Crippen molar-refractivity contribution in [3.05, 3.63) is 53.4 Å². The van der Waals surface area contributed by atoms with Gasteiger partial charge < -0.3 is 16.0 Å². The Kier molecular flexibility index (Phi) is 7.37. The van der Waals surface area contributed by atoms with Crippen molar-refractivity contribution in [1.29, 1.82) is 0 Å². The molecule has 4 rings (SSSR count). The van der Waals surface area contributed by atoms with Gasteiger partial charge in [-0.25, -0.2) is 9.97 Å². The van der Waals surface area contributed by atoms with Gasteiger partial charge in [-0.05, 0) is 75.3 Å².